The number of aliphatic hydroxyl groups excluding tert-OH is 1. The number of rotatable bonds is 5. The van der Waals surface area contributed by atoms with Gasteiger partial charge in [0.25, 0.3) is 0 Å². The van der Waals surface area contributed by atoms with Crippen molar-refractivity contribution in [1.29, 1.82) is 0 Å². The molecule has 1 aromatic carbocycles. The number of aryl methyl sites for hydroxylation is 2. The van der Waals surface area contributed by atoms with Crippen LogP contribution in [0.25, 0.3) is 0 Å². The van der Waals surface area contributed by atoms with E-state index in [1.807, 2.05) is 19.1 Å². The van der Waals surface area contributed by atoms with Crippen LogP contribution in [0.1, 0.15) is 24.0 Å². The van der Waals surface area contributed by atoms with Crippen molar-refractivity contribution in [3.05, 3.63) is 29.3 Å². The second-order valence-electron chi connectivity index (χ2n) is 5.24. The summed E-state index contributed by atoms with van der Waals surface area (Å²) in [5.74, 6) is 0.876. The van der Waals surface area contributed by atoms with Crippen LogP contribution in [0.15, 0.2) is 18.2 Å². The van der Waals surface area contributed by atoms with Gasteiger partial charge in [0.15, 0.2) is 0 Å². The zero-order chi connectivity index (χ0) is 13.0. The fourth-order valence-corrected chi connectivity index (χ4v) is 2.46. The standard InChI is InChI=1S/C15H23NO2/c1-12-5-6-15(13(2)9-12)18-11-14(17)10-16-7-3-4-8-16/h5-6,9,14,17H,3-4,7-8,10-11H2,1-2H3/t14-/m0/s1. The Balaban J connectivity index is 1.79. The Bertz CT molecular complexity index is 386. The fourth-order valence-electron chi connectivity index (χ4n) is 2.46. The van der Waals surface area contributed by atoms with Crippen LogP contribution in [-0.2, 0) is 0 Å². The summed E-state index contributed by atoms with van der Waals surface area (Å²) >= 11 is 0. The first kappa shape index (κ1) is 13.4. The number of benzene rings is 1. The van der Waals surface area contributed by atoms with Crippen molar-refractivity contribution < 1.29 is 9.84 Å². The topological polar surface area (TPSA) is 32.7 Å². The van der Waals surface area contributed by atoms with Crippen molar-refractivity contribution in [3.63, 3.8) is 0 Å². The van der Waals surface area contributed by atoms with E-state index >= 15 is 0 Å². The van der Waals surface area contributed by atoms with Crippen LogP contribution in [0, 0.1) is 13.8 Å². The molecule has 3 heteroatoms. The first-order valence-electron chi connectivity index (χ1n) is 6.75. The number of aliphatic hydroxyl groups is 1. The third kappa shape index (κ3) is 3.72. The van der Waals surface area contributed by atoms with Crippen molar-refractivity contribution in [2.45, 2.75) is 32.8 Å². The molecule has 3 nitrogen and oxygen atoms in total. The molecule has 1 N–H and O–H groups in total. The van der Waals surface area contributed by atoms with Gasteiger partial charge in [-0.1, -0.05) is 17.7 Å². The maximum absolute atomic E-state index is 9.95. The molecule has 2 rings (SSSR count). The van der Waals surface area contributed by atoms with Crippen molar-refractivity contribution in [2.24, 2.45) is 0 Å². The molecule has 1 saturated heterocycles. The van der Waals surface area contributed by atoms with E-state index in [2.05, 4.69) is 17.9 Å². The van der Waals surface area contributed by atoms with E-state index in [1.165, 1.54) is 18.4 Å². The Morgan fingerprint density at radius 3 is 2.67 bits per heavy atom. The van der Waals surface area contributed by atoms with E-state index in [1.54, 1.807) is 0 Å². The number of β-amino-alcohol motifs (C(OH)–C–C–N with tert-alkyl or cyclic N) is 1. The minimum Gasteiger partial charge on any atom is -0.491 e. The lowest BCUT2D eigenvalue weighted by Gasteiger charge is -2.20. The minimum absolute atomic E-state index is 0.375. The van der Waals surface area contributed by atoms with Gasteiger partial charge in [0, 0.05) is 6.54 Å². The first-order chi connectivity index (χ1) is 8.65. The van der Waals surface area contributed by atoms with Gasteiger partial charge in [-0.25, -0.2) is 0 Å². The normalized spacial score (nSPS) is 17.9. The third-order valence-corrected chi connectivity index (χ3v) is 3.43. The summed E-state index contributed by atoms with van der Waals surface area (Å²) in [7, 11) is 0. The van der Waals surface area contributed by atoms with E-state index in [9.17, 15) is 5.11 Å². The molecule has 0 bridgehead atoms. The Kier molecular flexibility index (Phi) is 4.61. The van der Waals surface area contributed by atoms with Gasteiger partial charge in [-0.2, -0.15) is 0 Å². The quantitative estimate of drug-likeness (QED) is 0.868. The first-order valence-corrected chi connectivity index (χ1v) is 6.75. The predicted molar refractivity (Wildman–Crippen MR) is 73.1 cm³/mol. The SMILES string of the molecule is Cc1ccc(OC[C@@H](O)CN2CCCC2)c(C)c1. The number of nitrogens with zero attached hydrogens (tertiary/aromatic N) is 1. The maximum Gasteiger partial charge on any atom is 0.122 e. The lowest BCUT2D eigenvalue weighted by atomic mass is 10.1. The molecule has 1 aliphatic heterocycles. The second kappa shape index (κ2) is 6.21. The highest BCUT2D eigenvalue weighted by Crippen LogP contribution is 2.19. The Morgan fingerprint density at radius 1 is 1.28 bits per heavy atom. The van der Waals surface area contributed by atoms with Crippen molar-refractivity contribution in [2.75, 3.05) is 26.2 Å². The molecule has 0 saturated carbocycles. The van der Waals surface area contributed by atoms with E-state index in [0.717, 1.165) is 30.9 Å². The average molecular weight is 249 g/mol. The van der Waals surface area contributed by atoms with Crippen LogP contribution in [0.3, 0.4) is 0 Å². The van der Waals surface area contributed by atoms with Gasteiger partial charge in [0.1, 0.15) is 18.5 Å². The van der Waals surface area contributed by atoms with E-state index < -0.39 is 6.10 Å². The molecule has 1 fully saturated rings. The molecular formula is C15H23NO2. The van der Waals surface area contributed by atoms with Gasteiger partial charge in [-0.05, 0) is 51.4 Å². The zero-order valence-electron chi connectivity index (χ0n) is 11.4. The van der Waals surface area contributed by atoms with Gasteiger partial charge in [-0.3, -0.25) is 0 Å². The van der Waals surface area contributed by atoms with Crippen LogP contribution in [0.5, 0.6) is 5.75 Å². The molecule has 0 aliphatic carbocycles. The molecule has 1 atom stereocenters. The summed E-state index contributed by atoms with van der Waals surface area (Å²) in [5.41, 5.74) is 2.36. The molecular weight excluding hydrogens is 226 g/mol. The molecule has 1 aliphatic rings. The molecule has 0 aromatic heterocycles. The number of hydrogen-bond acceptors (Lipinski definition) is 3. The predicted octanol–water partition coefficient (Wildman–Crippen LogP) is 2.14. The maximum atomic E-state index is 9.95. The summed E-state index contributed by atoms with van der Waals surface area (Å²) in [6, 6.07) is 6.12. The Labute approximate surface area is 109 Å². The van der Waals surface area contributed by atoms with Crippen molar-refractivity contribution >= 4 is 0 Å². The van der Waals surface area contributed by atoms with Crippen molar-refractivity contribution in [1.82, 2.24) is 4.90 Å². The Morgan fingerprint density at radius 2 is 2.00 bits per heavy atom. The van der Waals surface area contributed by atoms with Gasteiger partial charge in [0.05, 0.1) is 0 Å². The molecule has 18 heavy (non-hydrogen) atoms. The van der Waals surface area contributed by atoms with Crippen LogP contribution in [-0.4, -0.2) is 42.4 Å². The average Bonchev–Trinajstić information content (AvgIpc) is 2.80. The number of hydrogen-bond donors (Lipinski definition) is 1. The molecule has 0 radical (unpaired) electrons. The highest BCUT2D eigenvalue weighted by atomic mass is 16.5. The number of ether oxygens (including phenoxy) is 1. The largest absolute Gasteiger partial charge is 0.491 e. The summed E-state index contributed by atoms with van der Waals surface area (Å²) in [6.45, 7) is 7.43. The van der Waals surface area contributed by atoms with E-state index in [-0.39, 0.29) is 0 Å². The van der Waals surface area contributed by atoms with Crippen LogP contribution in [0.2, 0.25) is 0 Å². The minimum atomic E-state index is -0.399. The van der Waals surface area contributed by atoms with Gasteiger partial charge >= 0.3 is 0 Å². The molecule has 0 unspecified atom stereocenters. The van der Waals surface area contributed by atoms with Crippen LogP contribution < -0.4 is 4.74 Å². The molecule has 100 valence electrons. The smallest absolute Gasteiger partial charge is 0.122 e. The summed E-state index contributed by atoms with van der Waals surface area (Å²) in [4.78, 5) is 2.30. The highest BCUT2D eigenvalue weighted by Gasteiger charge is 2.16. The number of likely N-dealkylation sites (tertiary alicyclic amines) is 1. The Hall–Kier alpha value is -1.06. The van der Waals surface area contributed by atoms with Gasteiger partial charge in [-0.15, -0.1) is 0 Å². The fraction of sp³-hybridized carbons (Fsp3) is 0.600. The monoisotopic (exact) mass is 249 g/mol. The van der Waals surface area contributed by atoms with Crippen LogP contribution in [0.4, 0.5) is 0 Å². The van der Waals surface area contributed by atoms with E-state index in [0.29, 0.717) is 6.61 Å². The molecule has 1 heterocycles. The van der Waals surface area contributed by atoms with Gasteiger partial charge < -0.3 is 14.7 Å². The highest BCUT2D eigenvalue weighted by molar-refractivity contribution is 5.35. The van der Waals surface area contributed by atoms with Crippen molar-refractivity contribution in [3.8, 4) is 5.75 Å². The molecule has 0 amide bonds. The second-order valence-corrected chi connectivity index (χ2v) is 5.24. The molecule has 0 spiro atoms. The van der Waals surface area contributed by atoms with Gasteiger partial charge in [0.2, 0.25) is 0 Å². The third-order valence-electron chi connectivity index (χ3n) is 3.43. The van der Waals surface area contributed by atoms with Crippen LogP contribution >= 0.6 is 0 Å². The molecule has 1 aromatic rings. The summed E-state index contributed by atoms with van der Waals surface area (Å²) < 4.78 is 5.69. The zero-order valence-corrected chi connectivity index (χ0v) is 11.4. The van der Waals surface area contributed by atoms with E-state index in [4.69, 9.17) is 4.74 Å². The lowest BCUT2D eigenvalue weighted by molar-refractivity contribution is 0.0756. The summed E-state index contributed by atoms with van der Waals surface area (Å²) in [6.07, 6.45) is 2.11. The summed E-state index contributed by atoms with van der Waals surface area (Å²) in [5, 5.41) is 9.95. The lowest BCUT2D eigenvalue weighted by Crippen LogP contribution is -2.33.